The van der Waals surface area contributed by atoms with Crippen molar-refractivity contribution in [2.24, 2.45) is 0 Å². The number of anilines is 1. The second-order valence-corrected chi connectivity index (χ2v) is 5.54. The molecule has 108 valence electrons. The van der Waals surface area contributed by atoms with Crippen LogP contribution in [0, 0.1) is 0 Å². The van der Waals surface area contributed by atoms with E-state index in [-0.39, 0.29) is 18.7 Å². The molecule has 1 saturated heterocycles. The summed E-state index contributed by atoms with van der Waals surface area (Å²) in [6.45, 7) is 5.14. The Hall–Kier alpha value is -1.75. The van der Waals surface area contributed by atoms with Crippen molar-refractivity contribution in [3.63, 3.8) is 0 Å². The lowest BCUT2D eigenvalue weighted by molar-refractivity contribution is -0.121. The number of fused-ring (bicyclic) bond motifs is 1. The van der Waals surface area contributed by atoms with Gasteiger partial charge in [0, 0.05) is 24.3 Å². The van der Waals surface area contributed by atoms with Gasteiger partial charge in [-0.05, 0) is 25.0 Å². The molecule has 5 nitrogen and oxygen atoms in total. The van der Waals surface area contributed by atoms with Gasteiger partial charge in [0.25, 0.3) is 0 Å². The second kappa shape index (κ2) is 5.32. The molecule has 20 heavy (non-hydrogen) atoms. The van der Waals surface area contributed by atoms with Gasteiger partial charge in [0.05, 0.1) is 6.04 Å². The van der Waals surface area contributed by atoms with Crippen molar-refractivity contribution in [1.82, 2.24) is 5.32 Å². The minimum atomic E-state index is -0.0887. The maximum atomic E-state index is 12.6. The van der Waals surface area contributed by atoms with Crippen LogP contribution in [0.2, 0.25) is 0 Å². The fourth-order valence-electron chi connectivity index (χ4n) is 2.74. The van der Waals surface area contributed by atoms with Crippen LogP contribution in [0.4, 0.5) is 5.69 Å². The molecule has 1 aromatic rings. The third kappa shape index (κ3) is 2.45. The van der Waals surface area contributed by atoms with Gasteiger partial charge in [0.2, 0.25) is 12.7 Å². The van der Waals surface area contributed by atoms with Crippen molar-refractivity contribution in [3.8, 4) is 11.5 Å². The summed E-state index contributed by atoms with van der Waals surface area (Å²) in [5, 5.41) is 3.34. The van der Waals surface area contributed by atoms with Crippen LogP contribution in [0.25, 0.3) is 0 Å². The third-order valence-corrected chi connectivity index (χ3v) is 3.64. The average molecular weight is 276 g/mol. The van der Waals surface area contributed by atoms with Gasteiger partial charge in [-0.2, -0.15) is 0 Å². The topological polar surface area (TPSA) is 50.8 Å². The molecule has 1 atom stereocenters. The van der Waals surface area contributed by atoms with Crippen molar-refractivity contribution < 1.29 is 14.3 Å². The smallest absolute Gasteiger partial charge is 0.244 e. The molecule has 0 spiro atoms. The van der Waals surface area contributed by atoms with E-state index >= 15 is 0 Å². The van der Waals surface area contributed by atoms with Crippen LogP contribution in [-0.4, -0.2) is 31.3 Å². The molecular weight excluding hydrogens is 256 g/mol. The minimum Gasteiger partial charge on any atom is -0.454 e. The van der Waals surface area contributed by atoms with Crippen LogP contribution in [0.3, 0.4) is 0 Å². The normalized spacial score (nSPS) is 21.6. The number of carbonyl (C=O) groups is 1. The lowest BCUT2D eigenvalue weighted by Gasteiger charge is -2.33. The van der Waals surface area contributed by atoms with Gasteiger partial charge in [-0.15, -0.1) is 0 Å². The largest absolute Gasteiger partial charge is 0.454 e. The second-order valence-electron chi connectivity index (χ2n) is 5.54. The van der Waals surface area contributed by atoms with Crippen molar-refractivity contribution in [2.75, 3.05) is 18.2 Å². The molecule has 1 amide bonds. The Morgan fingerprint density at radius 2 is 2.10 bits per heavy atom. The molecule has 0 radical (unpaired) electrons. The summed E-state index contributed by atoms with van der Waals surface area (Å²) in [7, 11) is 0. The number of carbonyl (C=O) groups excluding carboxylic acids is 1. The van der Waals surface area contributed by atoms with Gasteiger partial charge in [0.1, 0.15) is 0 Å². The van der Waals surface area contributed by atoms with Crippen LogP contribution in [0.15, 0.2) is 18.2 Å². The number of nitrogens with zero attached hydrogens (tertiary/aromatic N) is 1. The summed E-state index contributed by atoms with van der Waals surface area (Å²) in [5.74, 6) is 1.60. The van der Waals surface area contributed by atoms with Crippen LogP contribution in [-0.2, 0) is 4.79 Å². The Labute approximate surface area is 118 Å². The van der Waals surface area contributed by atoms with Crippen molar-refractivity contribution in [3.05, 3.63) is 18.2 Å². The summed E-state index contributed by atoms with van der Waals surface area (Å²) in [5.41, 5.74) is 0.884. The zero-order valence-corrected chi connectivity index (χ0v) is 11.9. The number of ether oxygens (including phenoxy) is 2. The standard InChI is InChI=1S/C15H20N2O3/c1-10(2)16-12-4-3-7-17(15(12)18)11-5-6-13-14(8-11)20-9-19-13/h5-6,8,10,12,16H,3-4,7,9H2,1-2H3. The van der Waals surface area contributed by atoms with Crippen molar-refractivity contribution >= 4 is 11.6 Å². The van der Waals surface area contributed by atoms with Crippen LogP contribution < -0.4 is 19.7 Å². The van der Waals surface area contributed by atoms with E-state index in [1.165, 1.54) is 0 Å². The first kappa shape index (κ1) is 13.2. The fourth-order valence-corrected chi connectivity index (χ4v) is 2.74. The molecule has 2 aliphatic heterocycles. The Morgan fingerprint density at radius 1 is 1.30 bits per heavy atom. The van der Waals surface area contributed by atoms with Gasteiger partial charge in [-0.3, -0.25) is 4.79 Å². The van der Waals surface area contributed by atoms with Crippen LogP contribution in [0.5, 0.6) is 11.5 Å². The Balaban J connectivity index is 1.80. The molecule has 2 aliphatic rings. The molecule has 0 bridgehead atoms. The van der Waals surface area contributed by atoms with E-state index < -0.39 is 0 Å². The fraction of sp³-hybridized carbons (Fsp3) is 0.533. The minimum absolute atomic E-state index is 0.0887. The Kier molecular flexibility index (Phi) is 3.53. The molecule has 0 aromatic heterocycles. The third-order valence-electron chi connectivity index (χ3n) is 3.64. The summed E-state index contributed by atoms with van der Waals surface area (Å²) < 4.78 is 10.7. The molecule has 2 heterocycles. The van der Waals surface area contributed by atoms with E-state index in [4.69, 9.17) is 9.47 Å². The number of hydrogen-bond acceptors (Lipinski definition) is 4. The zero-order valence-electron chi connectivity index (χ0n) is 11.9. The molecular formula is C15H20N2O3. The summed E-state index contributed by atoms with van der Waals surface area (Å²) in [6, 6.07) is 5.89. The van der Waals surface area contributed by atoms with Gasteiger partial charge >= 0.3 is 0 Å². The van der Waals surface area contributed by atoms with E-state index in [1.807, 2.05) is 23.1 Å². The molecule has 1 aromatic carbocycles. The number of nitrogens with one attached hydrogen (secondary N) is 1. The SMILES string of the molecule is CC(C)NC1CCCN(c2ccc3c(c2)OCO3)C1=O. The van der Waals surface area contributed by atoms with Gasteiger partial charge < -0.3 is 19.7 Å². The summed E-state index contributed by atoms with van der Waals surface area (Å²) in [6.07, 6.45) is 1.91. The first-order valence-electron chi connectivity index (χ1n) is 7.12. The number of rotatable bonds is 3. The highest BCUT2D eigenvalue weighted by atomic mass is 16.7. The molecule has 3 rings (SSSR count). The zero-order chi connectivity index (χ0) is 14.1. The van der Waals surface area contributed by atoms with Crippen molar-refractivity contribution in [1.29, 1.82) is 0 Å². The number of piperidine rings is 1. The average Bonchev–Trinajstić information content (AvgIpc) is 2.88. The lowest BCUT2D eigenvalue weighted by atomic mass is 10.0. The van der Waals surface area contributed by atoms with Gasteiger partial charge in [-0.25, -0.2) is 0 Å². The first-order chi connectivity index (χ1) is 9.65. The van der Waals surface area contributed by atoms with E-state index in [9.17, 15) is 4.79 Å². The molecule has 0 saturated carbocycles. The Bertz CT molecular complexity index is 516. The van der Waals surface area contributed by atoms with Gasteiger partial charge in [-0.1, -0.05) is 13.8 Å². The highest BCUT2D eigenvalue weighted by Gasteiger charge is 2.30. The van der Waals surface area contributed by atoms with Gasteiger partial charge in [0.15, 0.2) is 11.5 Å². The summed E-state index contributed by atoms with van der Waals surface area (Å²) >= 11 is 0. The quantitative estimate of drug-likeness (QED) is 0.916. The summed E-state index contributed by atoms with van der Waals surface area (Å²) in [4.78, 5) is 14.4. The molecule has 5 heteroatoms. The highest BCUT2D eigenvalue weighted by Crippen LogP contribution is 2.36. The number of amides is 1. The molecule has 1 fully saturated rings. The monoisotopic (exact) mass is 276 g/mol. The highest BCUT2D eigenvalue weighted by molar-refractivity contribution is 5.98. The molecule has 1 N–H and O–H groups in total. The van der Waals surface area contributed by atoms with Crippen LogP contribution >= 0.6 is 0 Å². The van der Waals surface area contributed by atoms with E-state index in [0.29, 0.717) is 11.8 Å². The predicted octanol–water partition coefficient (Wildman–Crippen LogP) is 1.91. The lowest BCUT2D eigenvalue weighted by Crippen LogP contribution is -2.52. The maximum absolute atomic E-state index is 12.6. The molecule has 0 aliphatic carbocycles. The Morgan fingerprint density at radius 3 is 2.90 bits per heavy atom. The predicted molar refractivity (Wildman–Crippen MR) is 76.2 cm³/mol. The molecule has 1 unspecified atom stereocenters. The number of benzene rings is 1. The first-order valence-corrected chi connectivity index (χ1v) is 7.12. The number of hydrogen-bond donors (Lipinski definition) is 1. The van der Waals surface area contributed by atoms with E-state index in [0.717, 1.165) is 30.8 Å². The van der Waals surface area contributed by atoms with E-state index in [2.05, 4.69) is 19.2 Å². The van der Waals surface area contributed by atoms with E-state index in [1.54, 1.807) is 0 Å². The van der Waals surface area contributed by atoms with Crippen LogP contribution in [0.1, 0.15) is 26.7 Å². The van der Waals surface area contributed by atoms with Crippen molar-refractivity contribution in [2.45, 2.75) is 38.8 Å². The maximum Gasteiger partial charge on any atom is 0.244 e.